The summed E-state index contributed by atoms with van der Waals surface area (Å²) < 4.78 is 20.9. The van der Waals surface area contributed by atoms with Gasteiger partial charge in [-0.15, -0.1) is 13.2 Å². The van der Waals surface area contributed by atoms with Gasteiger partial charge in [0.1, 0.15) is 5.69 Å². The molecule has 0 bridgehead atoms. The Labute approximate surface area is 179 Å². The van der Waals surface area contributed by atoms with E-state index in [1.807, 2.05) is 39.8 Å². The van der Waals surface area contributed by atoms with Gasteiger partial charge in [-0.3, -0.25) is 0 Å². The number of carbonyl (C=O) groups excluding carboxylic acids is 1. The van der Waals surface area contributed by atoms with Crippen LogP contribution in [0.25, 0.3) is 0 Å². The summed E-state index contributed by atoms with van der Waals surface area (Å²) in [6, 6.07) is -0.164. The van der Waals surface area contributed by atoms with E-state index in [4.69, 9.17) is 4.74 Å². The molecule has 2 N–H and O–H groups in total. The second kappa shape index (κ2) is 12.1. The number of aromatic amines is 1. The lowest BCUT2D eigenvalue weighted by Gasteiger charge is -2.24. The quantitative estimate of drug-likeness (QED) is 0.252. The molecule has 1 aromatic rings. The summed E-state index contributed by atoms with van der Waals surface area (Å²) in [7, 11) is -1.23. The highest BCUT2D eigenvalue weighted by Crippen LogP contribution is 2.30. The SMILES string of the molecule is C=CCCCCc1c(C(=O)OCC)[nH]c(C(CCC=C)NS(=O)C(C)(C)C)c1C. The molecule has 1 heterocycles. The van der Waals surface area contributed by atoms with Crippen LogP contribution < -0.4 is 4.72 Å². The zero-order valence-corrected chi connectivity index (χ0v) is 19.5. The monoisotopic (exact) mass is 422 g/mol. The van der Waals surface area contributed by atoms with E-state index in [-0.39, 0.29) is 16.8 Å². The van der Waals surface area contributed by atoms with Gasteiger partial charge in [-0.2, -0.15) is 0 Å². The number of carbonyl (C=O) groups is 1. The molecule has 0 aliphatic heterocycles. The van der Waals surface area contributed by atoms with Crippen molar-refractivity contribution in [1.82, 2.24) is 9.71 Å². The summed E-state index contributed by atoms with van der Waals surface area (Å²) >= 11 is 0. The van der Waals surface area contributed by atoms with Gasteiger partial charge in [-0.05, 0) is 84.3 Å². The largest absolute Gasteiger partial charge is 0.461 e. The number of nitrogens with one attached hydrogen (secondary N) is 2. The van der Waals surface area contributed by atoms with Gasteiger partial charge < -0.3 is 9.72 Å². The number of allylic oxidation sites excluding steroid dienone is 2. The van der Waals surface area contributed by atoms with Gasteiger partial charge >= 0.3 is 5.97 Å². The van der Waals surface area contributed by atoms with E-state index in [0.717, 1.165) is 55.3 Å². The maximum Gasteiger partial charge on any atom is 0.355 e. The molecule has 0 amide bonds. The number of hydrogen-bond donors (Lipinski definition) is 2. The molecule has 2 unspecified atom stereocenters. The van der Waals surface area contributed by atoms with Crippen molar-refractivity contribution in [3.63, 3.8) is 0 Å². The lowest BCUT2D eigenvalue weighted by molar-refractivity contribution is 0.0518. The van der Waals surface area contributed by atoms with Crippen molar-refractivity contribution >= 4 is 17.0 Å². The Kier molecular flexibility index (Phi) is 10.6. The first-order valence-corrected chi connectivity index (χ1v) is 11.6. The normalized spacial score (nSPS) is 13.7. The van der Waals surface area contributed by atoms with E-state index in [0.29, 0.717) is 12.3 Å². The minimum atomic E-state index is -1.23. The van der Waals surface area contributed by atoms with Crippen LogP contribution in [0.1, 0.15) is 93.2 Å². The van der Waals surface area contributed by atoms with Crippen molar-refractivity contribution in [1.29, 1.82) is 0 Å². The number of ether oxygens (including phenoxy) is 1. The standard InChI is InChI=1S/C23H38N2O3S/c1-8-11-13-14-15-18-17(4)20(24-21(18)22(26)28-10-3)19(16-12-9-2)25-29(27)23(5,6)7/h8-9,19,24-25H,1-2,10-16H2,3-7H3. The van der Waals surface area contributed by atoms with E-state index in [1.54, 1.807) is 6.92 Å². The molecule has 29 heavy (non-hydrogen) atoms. The fourth-order valence-corrected chi connectivity index (χ4v) is 3.98. The predicted molar refractivity (Wildman–Crippen MR) is 122 cm³/mol. The lowest BCUT2D eigenvalue weighted by atomic mass is 9.99. The smallest absolute Gasteiger partial charge is 0.355 e. The summed E-state index contributed by atoms with van der Waals surface area (Å²) in [6.07, 6.45) is 9.03. The summed E-state index contributed by atoms with van der Waals surface area (Å²) in [4.78, 5) is 15.9. The molecular formula is C23H38N2O3S. The van der Waals surface area contributed by atoms with Gasteiger partial charge in [0.15, 0.2) is 0 Å². The zero-order chi connectivity index (χ0) is 22.0. The molecule has 1 aromatic heterocycles. The van der Waals surface area contributed by atoms with Crippen LogP contribution in [0, 0.1) is 6.92 Å². The van der Waals surface area contributed by atoms with E-state index in [1.165, 1.54) is 0 Å². The first-order chi connectivity index (χ1) is 13.7. The van der Waals surface area contributed by atoms with Crippen LogP contribution in [0.5, 0.6) is 0 Å². The summed E-state index contributed by atoms with van der Waals surface area (Å²) in [5.41, 5.74) is 3.46. The van der Waals surface area contributed by atoms with Crippen molar-refractivity contribution in [3.05, 3.63) is 47.8 Å². The van der Waals surface area contributed by atoms with Crippen LogP contribution in [0.15, 0.2) is 25.3 Å². The van der Waals surface area contributed by atoms with Gasteiger partial charge in [0.25, 0.3) is 0 Å². The second-order valence-electron chi connectivity index (χ2n) is 8.19. The summed E-state index contributed by atoms with van der Waals surface area (Å²) in [6.45, 7) is 17.6. The van der Waals surface area contributed by atoms with Crippen molar-refractivity contribution in [2.24, 2.45) is 0 Å². The molecule has 2 atom stereocenters. The molecule has 0 aliphatic carbocycles. The minimum Gasteiger partial charge on any atom is -0.461 e. The predicted octanol–water partition coefficient (Wildman–Crippen LogP) is 5.46. The van der Waals surface area contributed by atoms with Crippen LogP contribution >= 0.6 is 0 Å². The molecule has 0 saturated carbocycles. The Balaban J connectivity index is 3.28. The van der Waals surface area contributed by atoms with Crippen LogP contribution in [-0.2, 0) is 22.1 Å². The molecule has 6 heteroatoms. The molecule has 5 nitrogen and oxygen atoms in total. The molecule has 0 saturated heterocycles. The molecule has 0 fully saturated rings. The van der Waals surface area contributed by atoms with E-state index in [2.05, 4.69) is 22.9 Å². The van der Waals surface area contributed by atoms with Gasteiger partial charge in [0, 0.05) is 5.69 Å². The topological polar surface area (TPSA) is 71.2 Å². The molecule has 0 aliphatic rings. The van der Waals surface area contributed by atoms with Crippen LogP contribution in [0.2, 0.25) is 0 Å². The van der Waals surface area contributed by atoms with Crippen molar-refractivity contribution < 1.29 is 13.7 Å². The average molecular weight is 423 g/mol. The third-order valence-corrected chi connectivity index (χ3v) is 6.41. The number of esters is 1. The maximum atomic E-state index is 12.8. The first-order valence-electron chi connectivity index (χ1n) is 10.5. The highest BCUT2D eigenvalue weighted by Gasteiger charge is 2.28. The van der Waals surface area contributed by atoms with E-state index >= 15 is 0 Å². The highest BCUT2D eigenvalue weighted by molar-refractivity contribution is 7.84. The number of hydrogen-bond acceptors (Lipinski definition) is 3. The van der Waals surface area contributed by atoms with E-state index in [9.17, 15) is 9.00 Å². The number of H-pyrrole nitrogens is 1. The number of aromatic nitrogens is 1. The van der Waals surface area contributed by atoms with Crippen molar-refractivity contribution in [2.45, 2.75) is 83.9 Å². The number of unbranched alkanes of at least 4 members (excludes halogenated alkanes) is 2. The van der Waals surface area contributed by atoms with Crippen molar-refractivity contribution in [2.75, 3.05) is 6.61 Å². The lowest BCUT2D eigenvalue weighted by Crippen LogP contribution is -2.36. The molecule has 0 aromatic carbocycles. The minimum absolute atomic E-state index is 0.164. The highest BCUT2D eigenvalue weighted by atomic mass is 32.2. The Morgan fingerprint density at radius 1 is 1.24 bits per heavy atom. The maximum absolute atomic E-state index is 12.8. The Hall–Kier alpha value is -1.66. The van der Waals surface area contributed by atoms with Crippen LogP contribution in [0.4, 0.5) is 0 Å². The van der Waals surface area contributed by atoms with Crippen LogP contribution in [-0.4, -0.2) is 26.5 Å². The molecule has 0 radical (unpaired) electrons. The first kappa shape index (κ1) is 25.4. The Morgan fingerprint density at radius 2 is 1.90 bits per heavy atom. The molecular weight excluding hydrogens is 384 g/mol. The third-order valence-electron chi connectivity index (χ3n) is 4.80. The summed E-state index contributed by atoms with van der Waals surface area (Å²) in [5.74, 6) is -0.333. The Morgan fingerprint density at radius 3 is 2.45 bits per heavy atom. The van der Waals surface area contributed by atoms with Gasteiger partial charge in [0.05, 0.1) is 28.4 Å². The molecule has 1 rings (SSSR count). The molecule has 164 valence electrons. The van der Waals surface area contributed by atoms with Gasteiger partial charge in [-0.1, -0.05) is 12.2 Å². The Bertz CT molecular complexity index is 716. The van der Waals surface area contributed by atoms with Gasteiger partial charge in [0.2, 0.25) is 0 Å². The van der Waals surface area contributed by atoms with Crippen molar-refractivity contribution in [3.8, 4) is 0 Å². The molecule has 0 spiro atoms. The second-order valence-corrected chi connectivity index (χ2v) is 10.2. The van der Waals surface area contributed by atoms with Crippen LogP contribution in [0.3, 0.4) is 0 Å². The fraction of sp³-hybridized carbons (Fsp3) is 0.609. The summed E-state index contributed by atoms with van der Waals surface area (Å²) in [5, 5.41) is 0. The third kappa shape index (κ3) is 7.59. The average Bonchev–Trinajstić information content (AvgIpc) is 2.98. The zero-order valence-electron chi connectivity index (χ0n) is 18.7. The number of rotatable bonds is 13. The van der Waals surface area contributed by atoms with Gasteiger partial charge in [-0.25, -0.2) is 13.7 Å². The van der Waals surface area contributed by atoms with E-state index < -0.39 is 11.0 Å². The fourth-order valence-electron chi connectivity index (χ4n) is 3.14.